The van der Waals surface area contributed by atoms with E-state index in [2.05, 4.69) is 52.9 Å². The smallest absolute Gasteiger partial charge is 0.229 e. The maximum Gasteiger partial charge on any atom is 0.229 e. The summed E-state index contributed by atoms with van der Waals surface area (Å²) in [6.45, 7) is 13.0. The van der Waals surface area contributed by atoms with Crippen molar-refractivity contribution < 1.29 is 28.4 Å². The molecular formula is C35H54N8O6. The van der Waals surface area contributed by atoms with E-state index in [4.69, 9.17) is 28.4 Å². The van der Waals surface area contributed by atoms with E-state index in [0.29, 0.717) is 47.5 Å². The molecule has 0 spiro atoms. The second-order valence-corrected chi connectivity index (χ2v) is 12.6. The van der Waals surface area contributed by atoms with Crippen LogP contribution in [0, 0.1) is 0 Å². The van der Waals surface area contributed by atoms with E-state index >= 15 is 0 Å². The van der Waals surface area contributed by atoms with Gasteiger partial charge in [-0.3, -0.25) is 4.90 Å². The van der Waals surface area contributed by atoms with Crippen LogP contribution in [-0.4, -0.2) is 104 Å². The van der Waals surface area contributed by atoms with E-state index in [1.54, 1.807) is 40.6 Å². The van der Waals surface area contributed by atoms with Gasteiger partial charge in [0.2, 0.25) is 35.4 Å². The van der Waals surface area contributed by atoms with Gasteiger partial charge >= 0.3 is 0 Å². The van der Waals surface area contributed by atoms with Gasteiger partial charge in [-0.05, 0) is 84.2 Å². The number of likely N-dealkylation sites (tertiary alicyclic amines) is 1. The lowest BCUT2D eigenvalue weighted by Gasteiger charge is -2.32. The van der Waals surface area contributed by atoms with Crippen molar-refractivity contribution in [2.75, 3.05) is 65.3 Å². The summed E-state index contributed by atoms with van der Waals surface area (Å²) < 4.78 is 32.6. The number of nitrogens with zero attached hydrogens (tertiary/aromatic N) is 5. The van der Waals surface area contributed by atoms with E-state index in [1.165, 1.54) is 5.56 Å². The van der Waals surface area contributed by atoms with Crippen LogP contribution in [0.25, 0.3) is 0 Å². The van der Waals surface area contributed by atoms with Crippen LogP contribution in [0.15, 0.2) is 30.3 Å². The minimum atomic E-state index is 0.122. The van der Waals surface area contributed by atoms with Crippen LogP contribution < -0.4 is 44.4 Å². The largest absolute Gasteiger partial charge is 0.491 e. The molecule has 3 N–H and O–H groups in total. The van der Waals surface area contributed by atoms with Gasteiger partial charge in [-0.15, -0.1) is 0 Å². The molecule has 2 aliphatic rings. The van der Waals surface area contributed by atoms with Crippen LogP contribution in [0.2, 0.25) is 0 Å². The lowest BCUT2D eigenvalue weighted by atomic mass is 10.0. The van der Waals surface area contributed by atoms with Crippen LogP contribution in [0.1, 0.15) is 58.9 Å². The Morgan fingerprint density at radius 2 is 1.04 bits per heavy atom. The van der Waals surface area contributed by atoms with Gasteiger partial charge < -0.3 is 44.4 Å². The van der Waals surface area contributed by atoms with E-state index in [0.717, 1.165) is 69.9 Å². The maximum absolute atomic E-state index is 5.94. The monoisotopic (exact) mass is 682 g/mol. The molecule has 0 unspecified atom stereocenters. The van der Waals surface area contributed by atoms with Crippen molar-refractivity contribution in [3.05, 3.63) is 35.9 Å². The number of anilines is 2. The summed E-state index contributed by atoms with van der Waals surface area (Å²) in [7, 11) is 6.33. The number of benzene rings is 1. The standard InChI is InChI=1S/C24H36N4O4.C11H18N4O2/c1-16(2)31-20-11-18(12-21(13-20)32-17(3)4)15-28-9-7-19(8-10-28)25-24-26-22(29-5)14-23(27-24)30-6;1-16-9-7-10(17-2)15-11(14-9)13-8-3-5-12-6-4-8/h11-14,16-17,19H,7-10,15H2,1-6H3,(H,25,26,27);7-8,12H,3-6H2,1-2H3,(H,13,14,15). The number of nitrogens with one attached hydrogen (secondary N) is 3. The lowest BCUT2D eigenvalue weighted by molar-refractivity contribution is 0.207. The zero-order valence-electron chi connectivity index (χ0n) is 30.2. The van der Waals surface area contributed by atoms with Crippen LogP contribution in [0.5, 0.6) is 35.0 Å². The summed E-state index contributed by atoms with van der Waals surface area (Å²) in [5, 5.41) is 10.1. The predicted molar refractivity (Wildman–Crippen MR) is 190 cm³/mol. The predicted octanol–water partition coefficient (Wildman–Crippen LogP) is 4.80. The van der Waals surface area contributed by atoms with Crippen molar-refractivity contribution in [3.63, 3.8) is 0 Å². The molecule has 14 nitrogen and oxygen atoms in total. The molecule has 1 aromatic carbocycles. The minimum Gasteiger partial charge on any atom is -0.491 e. The normalized spacial score (nSPS) is 15.6. The number of ether oxygens (including phenoxy) is 6. The molecule has 0 aliphatic carbocycles. The molecule has 0 amide bonds. The molecular weight excluding hydrogens is 628 g/mol. The molecule has 270 valence electrons. The molecule has 14 heteroatoms. The molecule has 49 heavy (non-hydrogen) atoms. The highest BCUT2D eigenvalue weighted by Crippen LogP contribution is 2.27. The van der Waals surface area contributed by atoms with Crippen LogP contribution >= 0.6 is 0 Å². The SMILES string of the molecule is COc1cc(OC)nc(NC2CCN(Cc3cc(OC(C)C)cc(OC(C)C)c3)CC2)n1.COc1cc(OC)nc(NC2CCNCC2)n1. The van der Waals surface area contributed by atoms with Gasteiger partial charge in [0.25, 0.3) is 0 Å². The van der Waals surface area contributed by atoms with Gasteiger partial charge in [-0.25, -0.2) is 0 Å². The molecule has 3 aromatic rings. The average Bonchev–Trinajstić information content (AvgIpc) is 3.08. The highest BCUT2D eigenvalue weighted by Gasteiger charge is 2.21. The van der Waals surface area contributed by atoms with Crippen LogP contribution in [0.4, 0.5) is 11.9 Å². The minimum absolute atomic E-state index is 0.122. The fourth-order valence-electron chi connectivity index (χ4n) is 5.58. The quantitative estimate of drug-likeness (QED) is 0.214. The maximum atomic E-state index is 5.94. The number of rotatable bonds is 14. The van der Waals surface area contributed by atoms with Gasteiger partial charge in [0.05, 0.1) is 52.8 Å². The van der Waals surface area contributed by atoms with Crippen molar-refractivity contribution in [1.29, 1.82) is 0 Å². The summed E-state index contributed by atoms with van der Waals surface area (Å²) in [5.41, 5.74) is 1.20. The van der Waals surface area contributed by atoms with Crippen LogP contribution in [0.3, 0.4) is 0 Å². The summed E-state index contributed by atoms with van der Waals surface area (Å²) in [6, 6.07) is 10.3. The highest BCUT2D eigenvalue weighted by atomic mass is 16.5. The summed E-state index contributed by atoms with van der Waals surface area (Å²) in [6.07, 6.45) is 4.39. The summed E-state index contributed by atoms with van der Waals surface area (Å²) >= 11 is 0. The Bertz CT molecular complexity index is 1360. The first-order valence-corrected chi connectivity index (χ1v) is 17.0. The average molecular weight is 683 g/mol. The molecule has 0 atom stereocenters. The third kappa shape index (κ3) is 12.6. The first-order chi connectivity index (χ1) is 23.7. The molecule has 0 radical (unpaired) electrons. The van der Waals surface area contributed by atoms with Crippen molar-refractivity contribution in [2.45, 2.75) is 84.2 Å². The molecule has 5 rings (SSSR count). The van der Waals surface area contributed by atoms with Gasteiger partial charge in [0.15, 0.2) is 0 Å². The van der Waals surface area contributed by atoms with Crippen molar-refractivity contribution in [2.24, 2.45) is 0 Å². The van der Waals surface area contributed by atoms with E-state index in [9.17, 15) is 0 Å². The molecule has 0 bridgehead atoms. The van der Waals surface area contributed by atoms with Crippen molar-refractivity contribution in [1.82, 2.24) is 30.2 Å². The van der Waals surface area contributed by atoms with E-state index < -0.39 is 0 Å². The Hall–Kier alpha value is -4.30. The summed E-state index contributed by atoms with van der Waals surface area (Å²) in [4.78, 5) is 19.7. The van der Waals surface area contributed by atoms with E-state index in [1.807, 2.05) is 33.8 Å². The Morgan fingerprint density at radius 3 is 1.43 bits per heavy atom. The van der Waals surface area contributed by atoms with Gasteiger partial charge in [0.1, 0.15) is 11.5 Å². The third-order valence-electron chi connectivity index (χ3n) is 7.88. The van der Waals surface area contributed by atoms with E-state index in [-0.39, 0.29) is 12.2 Å². The first kappa shape index (κ1) is 37.5. The number of hydrogen-bond donors (Lipinski definition) is 3. The molecule has 0 saturated carbocycles. The fourth-order valence-corrected chi connectivity index (χ4v) is 5.58. The second-order valence-electron chi connectivity index (χ2n) is 12.6. The molecule has 2 saturated heterocycles. The molecule has 4 heterocycles. The topological polar surface area (TPSA) is 146 Å². The number of hydrogen-bond acceptors (Lipinski definition) is 14. The fraction of sp³-hybridized carbons (Fsp3) is 0.600. The molecule has 2 aromatic heterocycles. The Labute approximate surface area is 290 Å². The third-order valence-corrected chi connectivity index (χ3v) is 7.88. The molecule has 2 aliphatic heterocycles. The zero-order valence-corrected chi connectivity index (χ0v) is 30.2. The lowest BCUT2D eigenvalue weighted by Crippen LogP contribution is -2.39. The van der Waals surface area contributed by atoms with Gasteiger partial charge in [-0.2, -0.15) is 19.9 Å². The molecule has 2 fully saturated rings. The van der Waals surface area contributed by atoms with Crippen molar-refractivity contribution in [3.8, 4) is 35.0 Å². The Kier molecular flexibility index (Phi) is 14.6. The van der Waals surface area contributed by atoms with Crippen LogP contribution in [-0.2, 0) is 6.54 Å². The number of aromatic nitrogens is 4. The number of methoxy groups -OCH3 is 4. The number of piperidine rings is 2. The van der Waals surface area contributed by atoms with Crippen molar-refractivity contribution >= 4 is 11.9 Å². The highest BCUT2D eigenvalue weighted by molar-refractivity contribution is 5.39. The Morgan fingerprint density at radius 1 is 0.633 bits per heavy atom. The zero-order chi connectivity index (χ0) is 35.2. The van der Waals surface area contributed by atoms with Gasteiger partial charge in [0, 0.05) is 37.8 Å². The Balaban J connectivity index is 0.000000266. The summed E-state index contributed by atoms with van der Waals surface area (Å²) in [5.74, 6) is 4.80. The van der Waals surface area contributed by atoms with Gasteiger partial charge in [-0.1, -0.05) is 0 Å². The first-order valence-electron chi connectivity index (χ1n) is 17.0. The second kappa shape index (κ2) is 19.0.